The van der Waals surface area contributed by atoms with Gasteiger partial charge in [-0.3, -0.25) is 0 Å². The van der Waals surface area contributed by atoms with E-state index in [-0.39, 0.29) is 29.1 Å². The molecule has 32 atom stereocenters. The molecule has 6 saturated heterocycles. The number of rotatable bonds is 9. The maximum absolute atomic E-state index is 12.9. The highest BCUT2D eigenvalue weighted by molar-refractivity contribution is 5.31. The lowest BCUT2D eigenvalue weighted by molar-refractivity contribution is -0.394. The summed E-state index contributed by atoms with van der Waals surface area (Å²) >= 11 is 0. The maximum atomic E-state index is 12.9. The third kappa shape index (κ3) is 8.85. The van der Waals surface area contributed by atoms with E-state index in [0.717, 1.165) is 31.3 Å². The highest BCUT2D eigenvalue weighted by Gasteiger charge is 2.77. The second kappa shape index (κ2) is 20.2. The molecule has 12 N–H and O–H groups in total. The average Bonchev–Trinajstić information content (AvgIpc) is 3.71. The first kappa shape index (κ1) is 55.2. The predicted octanol–water partition coefficient (Wildman–Crippen LogP) is -1.82. The Kier molecular flexibility index (Phi) is 15.3. The van der Waals surface area contributed by atoms with E-state index >= 15 is 0 Å². The minimum Gasteiger partial charge on any atom is -0.394 e. The molecule has 1 spiro atoms. The van der Waals surface area contributed by atoms with Crippen LogP contribution in [0.25, 0.3) is 0 Å². The summed E-state index contributed by atoms with van der Waals surface area (Å²) in [6, 6.07) is 0. The number of ether oxygens (including phenoxy) is 10. The molecule has 0 aromatic carbocycles. The van der Waals surface area contributed by atoms with Crippen LogP contribution in [-0.2, 0) is 47.4 Å². The summed E-state index contributed by atoms with van der Waals surface area (Å²) in [4.78, 5) is 0. The van der Waals surface area contributed by atoms with Gasteiger partial charge in [0.15, 0.2) is 30.9 Å². The van der Waals surface area contributed by atoms with E-state index in [1.54, 1.807) is 0 Å². The molecule has 22 heteroatoms. The van der Waals surface area contributed by atoms with Crippen molar-refractivity contribution in [2.45, 2.75) is 252 Å². The Bertz CT molecular complexity index is 1980. The maximum Gasteiger partial charge on any atom is 0.187 e. The van der Waals surface area contributed by atoms with E-state index in [1.807, 2.05) is 6.08 Å². The molecule has 418 valence electrons. The number of hydrogen-bond acceptors (Lipinski definition) is 22. The standard InChI is InChI=1S/C51H82O22/c1-19-8-13-50(64-18-19)23(5)51(63)30(73-50)16-27-31-26(10-12-49(27,51)7)48(6)11-9-25(14-24(48)15-28(31)53)68-47-43(72-45-38(60)35(57)33(55)21(3)66-45)40(62)42(29(17-52)69-47)71-46-39(61)36(58)41(22(4)67-46)70-44-37(59)34(56)32(54)20(2)65-44/h15,19-23,25-47,52-63H,8-14,16-18H2,1-7H3. The van der Waals surface area contributed by atoms with Crippen molar-refractivity contribution in [2.24, 2.45) is 40.4 Å². The van der Waals surface area contributed by atoms with Crippen molar-refractivity contribution >= 4 is 0 Å². The van der Waals surface area contributed by atoms with Crippen LogP contribution in [-0.4, -0.2) is 227 Å². The molecule has 10 rings (SSSR count). The highest BCUT2D eigenvalue weighted by Crippen LogP contribution is 2.72. The van der Waals surface area contributed by atoms with Crippen LogP contribution in [0, 0.1) is 40.4 Å². The van der Waals surface area contributed by atoms with Gasteiger partial charge in [0.25, 0.3) is 0 Å². The highest BCUT2D eigenvalue weighted by atomic mass is 16.8. The Morgan fingerprint density at radius 3 is 1.78 bits per heavy atom. The van der Waals surface area contributed by atoms with Crippen molar-refractivity contribution in [1.82, 2.24) is 0 Å². The molecule has 0 aromatic heterocycles. The van der Waals surface area contributed by atoms with Crippen LogP contribution in [0.3, 0.4) is 0 Å². The Morgan fingerprint density at radius 1 is 0.589 bits per heavy atom. The minimum absolute atomic E-state index is 0.0104. The summed E-state index contributed by atoms with van der Waals surface area (Å²) in [7, 11) is 0. The average molecular weight is 1050 g/mol. The zero-order valence-electron chi connectivity index (χ0n) is 42.8. The zero-order chi connectivity index (χ0) is 52.6. The summed E-state index contributed by atoms with van der Waals surface area (Å²) in [5.41, 5.74) is -0.967. The third-order valence-electron chi connectivity index (χ3n) is 20.0. The van der Waals surface area contributed by atoms with Gasteiger partial charge in [0.2, 0.25) is 0 Å². The molecule has 3 saturated carbocycles. The quantitative estimate of drug-likeness (QED) is 0.113. The van der Waals surface area contributed by atoms with Crippen molar-refractivity contribution < 1.29 is 109 Å². The molecule has 0 aromatic rings. The second-order valence-electron chi connectivity index (χ2n) is 24.1. The Hall–Kier alpha value is -1.14. The summed E-state index contributed by atoms with van der Waals surface area (Å²) in [5.74, 6) is -0.691. The van der Waals surface area contributed by atoms with Crippen molar-refractivity contribution in [2.75, 3.05) is 13.2 Å². The lowest BCUT2D eigenvalue weighted by Gasteiger charge is -2.60. The van der Waals surface area contributed by atoms with Crippen molar-refractivity contribution in [3.8, 4) is 0 Å². The Balaban J connectivity index is 0.853. The molecule has 10 aliphatic rings. The number of fused-ring (bicyclic) bond motifs is 7. The van der Waals surface area contributed by atoms with Crippen LogP contribution >= 0.6 is 0 Å². The van der Waals surface area contributed by atoms with Gasteiger partial charge >= 0.3 is 0 Å². The van der Waals surface area contributed by atoms with Crippen LogP contribution in [0.15, 0.2) is 11.6 Å². The Labute approximate surface area is 425 Å². The summed E-state index contributed by atoms with van der Waals surface area (Å²) in [5, 5.41) is 134. The van der Waals surface area contributed by atoms with Crippen LogP contribution in [0.2, 0.25) is 0 Å². The zero-order valence-corrected chi connectivity index (χ0v) is 42.8. The Morgan fingerprint density at radius 2 is 1.18 bits per heavy atom. The van der Waals surface area contributed by atoms with Crippen molar-refractivity contribution in [3.05, 3.63) is 11.6 Å². The fourth-order valence-electron chi connectivity index (χ4n) is 15.4. The van der Waals surface area contributed by atoms with E-state index in [0.29, 0.717) is 38.2 Å². The molecule has 6 aliphatic heterocycles. The van der Waals surface area contributed by atoms with Gasteiger partial charge in [0, 0.05) is 17.8 Å². The summed E-state index contributed by atoms with van der Waals surface area (Å²) in [6.07, 6.45) is -25.0. The summed E-state index contributed by atoms with van der Waals surface area (Å²) < 4.78 is 61.7. The lowest BCUT2D eigenvalue weighted by atomic mass is 9.45. The first-order chi connectivity index (χ1) is 34.4. The van der Waals surface area contributed by atoms with E-state index in [1.165, 1.54) is 20.8 Å². The molecular formula is C51H82O22. The number of aliphatic hydroxyl groups excluding tert-OH is 11. The second-order valence-corrected chi connectivity index (χ2v) is 24.1. The fourth-order valence-corrected chi connectivity index (χ4v) is 15.4. The van der Waals surface area contributed by atoms with Gasteiger partial charge in [0.1, 0.15) is 85.0 Å². The van der Waals surface area contributed by atoms with Crippen LogP contribution in [0.1, 0.15) is 99.8 Å². The number of aliphatic hydroxyl groups is 12. The molecule has 0 bridgehead atoms. The van der Waals surface area contributed by atoms with Gasteiger partial charge in [-0.25, -0.2) is 0 Å². The first-order valence-electron chi connectivity index (χ1n) is 26.8. The van der Waals surface area contributed by atoms with Gasteiger partial charge in [-0.05, 0) is 94.8 Å². The molecule has 4 aliphatic carbocycles. The van der Waals surface area contributed by atoms with Gasteiger partial charge in [-0.2, -0.15) is 0 Å². The first-order valence-corrected chi connectivity index (χ1v) is 26.8. The predicted molar refractivity (Wildman–Crippen MR) is 247 cm³/mol. The van der Waals surface area contributed by atoms with Crippen LogP contribution in [0.4, 0.5) is 0 Å². The van der Waals surface area contributed by atoms with E-state index in [4.69, 9.17) is 47.4 Å². The van der Waals surface area contributed by atoms with Gasteiger partial charge in [-0.15, -0.1) is 0 Å². The lowest BCUT2D eigenvalue weighted by Crippen LogP contribution is -2.67. The largest absolute Gasteiger partial charge is 0.394 e. The van der Waals surface area contributed by atoms with Gasteiger partial charge < -0.3 is 109 Å². The van der Waals surface area contributed by atoms with Gasteiger partial charge in [0.05, 0.1) is 49.8 Å². The monoisotopic (exact) mass is 1050 g/mol. The normalized spacial score (nSPS) is 59.2. The molecule has 0 amide bonds. The number of hydrogen-bond donors (Lipinski definition) is 12. The van der Waals surface area contributed by atoms with Crippen LogP contribution in [0.5, 0.6) is 0 Å². The molecule has 9 fully saturated rings. The van der Waals surface area contributed by atoms with Crippen molar-refractivity contribution in [1.29, 1.82) is 0 Å². The third-order valence-corrected chi connectivity index (χ3v) is 20.0. The van der Waals surface area contributed by atoms with E-state index in [2.05, 4.69) is 27.7 Å². The molecule has 0 radical (unpaired) electrons. The molecule has 73 heavy (non-hydrogen) atoms. The molecule has 6 heterocycles. The van der Waals surface area contributed by atoms with Crippen molar-refractivity contribution in [3.63, 3.8) is 0 Å². The van der Waals surface area contributed by atoms with E-state index < -0.39 is 165 Å². The minimum atomic E-state index is -1.88. The SMILES string of the molecule is CC1CCC2(OC1)OC1CC3C4C(O)C=C5CC(OC6OC(CO)C(OC7OC(C)C(OC8OC(C)C(O)C(O)C8O)C(O)C7O)C(O)C6OC6OC(C)C(O)C(O)C6O)CCC5(C)C4CCC3(C)C1(O)C2C. The molecular weight excluding hydrogens is 965 g/mol. The van der Waals surface area contributed by atoms with E-state index in [9.17, 15) is 61.3 Å². The van der Waals surface area contributed by atoms with Gasteiger partial charge in [-0.1, -0.05) is 39.3 Å². The smallest absolute Gasteiger partial charge is 0.187 e. The fraction of sp³-hybridized carbons (Fsp3) is 0.961. The summed E-state index contributed by atoms with van der Waals surface area (Å²) in [6.45, 7) is 12.9. The molecule has 22 nitrogen and oxygen atoms in total. The van der Waals surface area contributed by atoms with Crippen LogP contribution < -0.4 is 0 Å². The molecule has 32 unspecified atom stereocenters. The topological polar surface area (TPSA) is 335 Å².